The Morgan fingerprint density at radius 1 is 1.24 bits per heavy atom. The molecule has 0 atom stereocenters. The Kier molecular flexibility index (Phi) is 4.76. The van der Waals surface area contributed by atoms with Crippen molar-refractivity contribution in [2.24, 2.45) is 5.92 Å². The molecule has 0 radical (unpaired) electrons. The van der Waals surface area contributed by atoms with Crippen LogP contribution in [-0.4, -0.2) is 32.8 Å². The summed E-state index contributed by atoms with van der Waals surface area (Å²) in [6.07, 6.45) is 4.69. The van der Waals surface area contributed by atoms with Crippen LogP contribution in [0.2, 0.25) is 0 Å². The Morgan fingerprint density at radius 3 is 2.62 bits per heavy atom. The van der Waals surface area contributed by atoms with E-state index in [-0.39, 0.29) is 5.82 Å². The van der Waals surface area contributed by atoms with E-state index in [2.05, 4.69) is 16.3 Å². The Labute approximate surface area is 126 Å². The number of benzene rings is 1. The molecule has 1 aromatic rings. The minimum Gasteiger partial charge on any atom is -0.384 e. The van der Waals surface area contributed by atoms with Crippen LogP contribution < -0.4 is 10.2 Å². The van der Waals surface area contributed by atoms with E-state index in [1.54, 1.807) is 13.2 Å². The van der Waals surface area contributed by atoms with Gasteiger partial charge in [-0.2, -0.15) is 0 Å². The molecule has 21 heavy (non-hydrogen) atoms. The number of nitrogens with zero attached hydrogens (tertiary/aromatic N) is 1. The molecule has 0 spiro atoms. The maximum atomic E-state index is 14.3. The normalized spacial score (nSPS) is 20.0. The molecule has 3 nitrogen and oxygen atoms in total. The lowest BCUT2D eigenvalue weighted by Crippen LogP contribution is -2.35. The van der Waals surface area contributed by atoms with Crippen LogP contribution in [0.25, 0.3) is 0 Å². The number of nitrogens with one attached hydrogen (secondary N) is 1. The third-order valence-corrected chi connectivity index (χ3v) is 4.54. The lowest BCUT2D eigenvalue weighted by atomic mass is 9.97. The highest BCUT2D eigenvalue weighted by Crippen LogP contribution is 2.27. The molecule has 1 aromatic carbocycles. The summed E-state index contributed by atoms with van der Waals surface area (Å²) in [5.41, 5.74) is 1.79. The minimum absolute atomic E-state index is 0.0877. The van der Waals surface area contributed by atoms with E-state index in [1.807, 2.05) is 6.07 Å². The van der Waals surface area contributed by atoms with Crippen LogP contribution in [0.15, 0.2) is 18.2 Å². The molecule has 2 fully saturated rings. The SMILES string of the molecule is COCC1CCN(c2ccc(CNC3CC3)cc2F)CC1. The third-order valence-electron chi connectivity index (χ3n) is 4.54. The highest BCUT2D eigenvalue weighted by Gasteiger charge is 2.22. The largest absolute Gasteiger partial charge is 0.384 e. The summed E-state index contributed by atoms with van der Waals surface area (Å²) < 4.78 is 19.5. The van der Waals surface area contributed by atoms with Gasteiger partial charge in [0, 0.05) is 39.4 Å². The standard InChI is InChI=1S/C17H25FN2O/c1-21-12-13-6-8-20(9-7-13)17-5-2-14(10-16(17)18)11-19-15-3-4-15/h2,5,10,13,15,19H,3-4,6-9,11-12H2,1H3. The zero-order chi connectivity index (χ0) is 14.7. The van der Waals surface area contributed by atoms with Gasteiger partial charge in [-0.15, -0.1) is 0 Å². The molecule has 1 saturated carbocycles. The maximum Gasteiger partial charge on any atom is 0.146 e. The summed E-state index contributed by atoms with van der Waals surface area (Å²) in [5.74, 6) is 0.534. The van der Waals surface area contributed by atoms with E-state index in [1.165, 1.54) is 12.8 Å². The minimum atomic E-state index is -0.0877. The molecule has 0 unspecified atom stereocenters. The van der Waals surface area contributed by atoms with Gasteiger partial charge >= 0.3 is 0 Å². The Hall–Kier alpha value is -1.13. The van der Waals surface area contributed by atoms with Crippen molar-refractivity contribution in [1.82, 2.24) is 5.32 Å². The number of ether oxygens (including phenoxy) is 1. The first-order valence-electron chi connectivity index (χ1n) is 8.02. The monoisotopic (exact) mass is 292 g/mol. The van der Waals surface area contributed by atoms with Gasteiger partial charge in [0.1, 0.15) is 5.82 Å². The van der Waals surface area contributed by atoms with Crippen LogP contribution in [-0.2, 0) is 11.3 Å². The van der Waals surface area contributed by atoms with Gasteiger partial charge in [0.25, 0.3) is 0 Å². The number of piperidine rings is 1. The fraction of sp³-hybridized carbons (Fsp3) is 0.647. The lowest BCUT2D eigenvalue weighted by Gasteiger charge is -2.33. The molecule has 2 aliphatic rings. The lowest BCUT2D eigenvalue weighted by molar-refractivity contribution is 0.139. The second kappa shape index (κ2) is 6.75. The number of hydrogen-bond donors (Lipinski definition) is 1. The van der Waals surface area contributed by atoms with E-state index in [0.717, 1.165) is 50.3 Å². The first kappa shape index (κ1) is 14.8. The van der Waals surface area contributed by atoms with E-state index in [4.69, 9.17) is 4.74 Å². The van der Waals surface area contributed by atoms with Crippen molar-refractivity contribution < 1.29 is 9.13 Å². The Balaban J connectivity index is 1.57. The summed E-state index contributed by atoms with van der Waals surface area (Å²) in [6, 6.07) is 6.34. The maximum absolute atomic E-state index is 14.3. The average Bonchev–Trinajstić information content (AvgIpc) is 3.31. The van der Waals surface area contributed by atoms with Gasteiger partial charge in [-0.3, -0.25) is 0 Å². The molecule has 0 bridgehead atoms. The highest BCUT2D eigenvalue weighted by atomic mass is 19.1. The smallest absolute Gasteiger partial charge is 0.146 e. The van der Waals surface area contributed by atoms with Crippen LogP contribution in [0.3, 0.4) is 0 Å². The van der Waals surface area contributed by atoms with Gasteiger partial charge < -0.3 is 15.0 Å². The molecule has 1 aliphatic carbocycles. The first-order valence-corrected chi connectivity index (χ1v) is 8.02. The summed E-state index contributed by atoms with van der Waals surface area (Å²) in [5, 5.41) is 3.42. The van der Waals surface area contributed by atoms with E-state index < -0.39 is 0 Å². The van der Waals surface area contributed by atoms with E-state index >= 15 is 0 Å². The quantitative estimate of drug-likeness (QED) is 0.872. The van der Waals surface area contributed by atoms with E-state index in [9.17, 15) is 4.39 Å². The summed E-state index contributed by atoms with van der Waals surface area (Å²) in [6.45, 7) is 3.44. The second-order valence-corrected chi connectivity index (χ2v) is 6.33. The van der Waals surface area contributed by atoms with Crippen molar-refractivity contribution in [3.8, 4) is 0 Å². The van der Waals surface area contributed by atoms with E-state index in [0.29, 0.717) is 12.0 Å². The molecule has 3 rings (SSSR count). The molecular weight excluding hydrogens is 267 g/mol. The second-order valence-electron chi connectivity index (χ2n) is 6.33. The van der Waals surface area contributed by atoms with Crippen LogP contribution in [0.4, 0.5) is 10.1 Å². The number of rotatable bonds is 6. The molecule has 1 aliphatic heterocycles. The molecule has 116 valence electrons. The van der Waals surface area contributed by atoms with Gasteiger partial charge in [0.2, 0.25) is 0 Å². The molecule has 4 heteroatoms. The van der Waals surface area contributed by atoms with Gasteiger partial charge in [0.15, 0.2) is 0 Å². The van der Waals surface area contributed by atoms with Crippen molar-refractivity contribution in [3.05, 3.63) is 29.6 Å². The fourth-order valence-corrected chi connectivity index (χ4v) is 3.04. The predicted octanol–water partition coefficient (Wildman–Crippen LogP) is 2.94. The predicted molar refractivity (Wildman–Crippen MR) is 83.1 cm³/mol. The summed E-state index contributed by atoms with van der Waals surface area (Å²) >= 11 is 0. The van der Waals surface area contributed by atoms with Gasteiger partial charge in [-0.1, -0.05) is 6.07 Å². The van der Waals surface area contributed by atoms with Crippen molar-refractivity contribution in [2.45, 2.75) is 38.3 Å². The van der Waals surface area contributed by atoms with Crippen molar-refractivity contribution >= 4 is 5.69 Å². The zero-order valence-electron chi connectivity index (χ0n) is 12.8. The molecule has 0 amide bonds. The van der Waals surface area contributed by atoms with Crippen molar-refractivity contribution in [1.29, 1.82) is 0 Å². The molecule has 1 N–H and O–H groups in total. The third kappa shape index (κ3) is 3.95. The van der Waals surface area contributed by atoms with Crippen molar-refractivity contribution in [2.75, 3.05) is 31.7 Å². The average molecular weight is 292 g/mol. The van der Waals surface area contributed by atoms with Crippen LogP contribution in [0.5, 0.6) is 0 Å². The molecule has 1 saturated heterocycles. The van der Waals surface area contributed by atoms with Gasteiger partial charge in [-0.25, -0.2) is 4.39 Å². The van der Waals surface area contributed by atoms with Crippen LogP contribution >= 0.6 is 0 Å². The van der Waals surface area contributed by atoms with Gasteiger partial charge in [-0.05, 0) is 49.3 Å². The zero-order valence-corrected chi connectivity index (χ0v) is 12.8. The Morgan fingerprint density at radius 2 is 2.00 bits per heavy atom. The molecule has 1 heterocycles. The number of anilines is 1. The number of methoxy groups -OCH3 is 1. The summed E-state index contributed by atoms with van der Waals surface area (Å²) in [4.78, 5) is 2.17. The Bertz CT molecular complexity index is 468. The topological polar surface area (TPSA) is 24.5 Å². The molecular formula is C17H25FN2O. The molecule has 0 aromatic heterocycles. The fourth-order valence-electron chi connectivity index (χ4n) is 3.04. The van der Waals surface area contributed by atoms with Crippen LogP contribution in [0, 0.1) is 11.7 Å². The first-order chi connectivity index (χ1) is 10.3. The van der Waals surface area contributed by atoms with Gasteiger partial charge in [0.05, 0.1) is 5.69 Å². The van der Waals surface area contributed by atoms with Crippen molar-refractivity contribution in [3.63, 3.8) is 0 Å². The highest BCUT2D eigenvalue weighted by molar-refractivity contribution is 5.49. The number of halogens is 1. The summed E-state index contributed by atoms with van der Waals surface area (Å²) in [7, 11) is 1.75. The number of hydrogen-bond acceptors (Lipinski definition) is 3. The van der Waals surface area contributed by atoms with Crippen LogP contribution in [0.1, 0.15) is 31.2 Å².